The molecule has 0 saturated carbocycles. The van der Waals surface area contributed by atoms with Gasteiger partial charge >= 0.3 is 12.1 Å². The second kappa shape index (κ2) is 4.36. The second-order valence-electron chi connectivity index (χ2n) is 5.28. The summed E-state index contributed by atoms with van der Waals surface area (Å²) in [6.07, 6.45) is -3.34. The van der Waals surface area contributed by atoms with E-state index in [-0.39, 0.29) is 11.3 Å². The van der Waals surface area contributed by atoms with Crippen LogP contribution in [0.4, 0.5) is 14.5 Å². The Balaban J connectivity index is 2.35. The Bertz CT molecular complexity index is 509. The van der Waals surface area contributed by atoms with Crippen LogP contribution in [0.15, 0.2) is 18.2 Å². The van der Waals surface area contributed by atoms with E-state index in [0.717, 1.165) is 0 Å². The number of halogens is 2. The fourth-order valence-corrected chi connectivity index (χ4v) is 1.66. The lowest BCUT2D eigenvalue weighted by Gasteiger charge is -2.28. The molecule has 0 radical (unpaired) electrons. The summed E-state index contributed by atoms with van der Waals surface area (Å²) in [5.41, 5.74) is -0.363. The van der Waals surface area contributed by atoms with Crippen molar-refractivity contribution < 1.29 is 23.0 Å². The number of rotatable bonds is 1. The minimum Gasteiger partial charge on any atom is -0.456 e. The smallest absolute Gasteiger partial charge is 0.415 e. The normalized spacial score (nSPS) is 16.9. The average molecular weight is 271 g/mol. The van der Waals surface area contributed by atoms with Crippen molar-refractivity contribution in [2.75, 3.05) is 11.9 Å². The molecule has 0 fully saturated rings. The van der Waals surface area contributed by atoms with Crippen LogP contribution in [-0.4, -0.2) is 24.2 Å². The number of ether oxygens (including phenoxy) is 2. The molecule has 19 heavy (non-hydrogen) atoms. The first-order chi connectivity index (χ1) is 8.68. The molecule has 0 aliphatic carbocycles. The quantitative estimate of drug-likeness (QED) is 0.797. The number of hydrogen-bond acceptors (Lipinski definition) is 4. The summed E-state index contributed by atoms with van der Waals surface area (Å²) in [5, 5.41) is 2.53. The summed E-state index contributed by atoms with van der Waals surface area (Å²) >= 11 is 0. The third-order valence-corrected chi connectivity index (χ3v) is 2.37. The van der Waals surface area contributed by atoms with Crippen LogP contribution in [0.2, 0.25) is 0 Å². The number of nitrogens with one attached hydrogen (secondary N) is 1. The van der Waals surface area contributed by atoms with Gasteiger partial charge in [0.15, 0.2) is 5.75 Å². The molecule has 6 heteroatoms. The van der Waals surface area contributed by atoms with Crippen LogP contribution in [0.5, 0.6) is 5.75 Å². The van der Waals surface area contributed by atoms with Gasteiger partial charge in [0.1, 0.15) is 17.7 Å². The second-order valence-corrected chi connectivity index (χ2v) is 5.28. The van der Waals surface area contributed by atoms with Gasteiger partial charge in [-0.3, -0.25) is 0 Å². The van der Waals surface area contributed by atoms with E-state index in [1.54, 1.807) is 32.9 Å². The number of fused-ring (bicyclic) bond motifs is 1. The van der Waals surface area contributed by atoms with Crippen molar-refractivity contribution in [1.29, 1.82) is 0 Å². The maximum Gasteiger partial charge on any atom is 0.415 e. The molecule has 0 atom stereocenters. The summed E-state index contributed by atoms with van der Waals surface area (Å²) in [5.74, 6) is -0.864. The minimum absolute atomic E-state index is 0.0145. The number of para-hydroxylation sites is 1. The molecule has 1 aromatic carbocycles. The molecule has 0 bridgehead atoms. The number of esters is 1. The number of benzene rings is 1. The minimum atomic E-state index is -3.34. The van der Waals surface area contributed by atoms with Crippen molar-refractivity contribution in [1.82, 2.24) is 0 Å². The predicted molar refractivity (Wildman–Crippen MR) is 65.7 cm³/mol. The van der Waals surface area contributed by atoms with Crippen LogP contribution in [-0.2, 0) is 4.74 Å². The lowest BCUT2D eigenvalue weighted by Crippen LogP contribution is -2.38. The van der Waals surface area contributed by atoms with E-state index in [9.17, 15) is 13.6 Å². The van der Waals surface area contributed by atoms with Crippen LogP contribution in [0.25, 0.3) is 0 Å². The van der Waals surface area contributed by atoms with E-state index in [0.29, 0.717) is 5.69 Å². The summed E-state index contributed by atoms with van der Waals surface area (Å²) < 4.78 is 36.2. The molecule has 1 aliphatic rings. The van der Waals surface area contributed by atoms with Gasteiger partial charge in [-0.25, -0.2) is 4.79 Å². The molecule has 0 aromatic heterocycles. The first-order valence-corrected chi connectivity index (χ1v) is 5.85. The van der Waals surface area contributed by atoms with Gasteiger partial charge in [0.2, 0.25) is 0 Å². The van der Waals surface area contributed by atoms with E-state index in [2.05, 4.69) is 10.1 Å². The van der Waals surface area contributed by atoms with Crippen molar-refractivity contribution >= 4 is 11.7 Å². The number of carbonyl (C=O) groups is 1. The molecule has 2 rings (SSSR count). The topological polar surface area (TPSA) is 47.6 Å². The molecule has 4 nitrogen and oxygen atoms in total. The van der Waals surface area contributed by atoms with Gasteiger partial charge in [0, 0.05) is 0 Å². The highest BCUT2D eigenvalue weighted by atomic mass is 19.3. The Labute approximate surface area is 109 Å². The van der Waals surface area contributed by atoms with E-state index in [1.807, 2.05) is 0 Å². The van der Waals surface area contributed by atoms with Gasteiger partial charge in [-0.1, -0.05) is 6.07 Å². The van der Waals surface area contributed by atoms with Gasteiger partial charge in [0.25, 0.3) is 0 Å². The largest absolute Gasteiger partial charge is 0.456 e. The van der Waals surface area contributed by atoms with Gasteiger partial charge in [-0.15, -0.1) is 0 Å². The zero-order valence-electron chi connectivity index (χ0n) is 10.9. The number of alkyl halides is 2. The van der Waals surface area contributed by atoms with E-state index in [4.69, 9.17) is 4.74 Å². The highest BCUT2D eigenvalue weighted by molar-refractivity contribution is 5.95. The Hall–Kier alpha value is -1.85. The van der Waals surface area contributed by atoms with Crippen LogP contribution >= 0.6 is 0 Å². The molecule has 1 aromatic rings. The number of hydrogen-bond donors (Lipinski definition) is 1. The van der Waals surface area contributed by atoms with Crippen molar-refractivity contribution in [3.05, 3.63) is 23.8 Å². The highest BCUT2D eigenvalue weighted by Gasteiger charge is 2.38. The van der Waals surface area contributed by atoms with Gasteiger partial charge < -0.3 is 14.8 Å². The van der Waals surface area contributed by atoms with Gasteiger partial charge in [-0.05, 0) is 32.9 Å². The maximum atomic E-state index is 13.2. The summed E-state index contributed by atoms with van der Waals surface area (Å²) in [7, 11) is 0. The predicted octanol–water partition coefficient (Wildman–Crippen LogP) is 3.04. The Morgan fingerprint density at radius 1 is 1.42 bits per heavy atom. The first-order valence-electron chi connectivity index (χ1n) is 5.85. The van der Waals surface area contributed by atoms with E-state index < -0.39 is 24.2 Å². The third-order valence-electron chi connectivity index (χ3n) is 2.37. The summed E-state index contributed by atoms with van der Waals surface area (Å²) in [4.78, 5) is 12.0. The summed E-state index contributed by atoms with van der Waals surface area (Å²) in [6.45, 7) is 4.48. The van der Waals surface area contributed by atoms with Crippen molar-refractivity contribution in [3.63, 3.8) is 0 Å². The van der Waals surface area contributed by atoms with Crippen LogP contribution < -0.4 is 10.1 Å². The molecule has 0 saturated heterocycles. The fourth-order valence-electron chi connectivity index (χ4n) is 1.66. The SMILES string of the molecule is CC(C)(C)OC(=O)c1cccc2c1OC(F)(F)CN2. The molecule has 1 heterocycles. The molecule has 104 valence electrons. The first kappa shape index (κ1) is 13.6. The third kappa shape index (κ3) is 3.13. The maximum absolute atomic E-state index is 13.2. The van der Waals surface area contributed by atoms with Crippen molar-refractivity contribution in [2.24, 2.45) is 0 Å². The molecule has 1 N–H and O–H groups in total. The van der Waals surface area contributed by atoms with E-state index in [1.165, 1.54) is 6.07 Å². The van der Waals surface area contributed by atoms with Gasteiger partial charge in [0.05, 0.1) is 5.69 Å². The monoisotopic (exact) mass is 271 g/mol. The van der Waals surface area contributed by atoms with Crippen LogP contribution in [0, 0.1) is 0 Å². The zero-order chi connectivity index (χ0) is 14.3. The zero-order valence-corrected chi connectivity index (χ0v) is 10.9. The Morgan fingerprint density at radius 3 is 2.74 bits per heavy atom. The molecular weight excluding hydrogens is 256 g/mol. The molecule has 1 aliphatic heterocycles. The number of carbonyl (C=O) groups excluding carboxylic acids is 1. The fraction of sp³-hybridized carbons (Fsp3) is 0.462. The highest BCUT2D eigenvalue weighted by Crippen LogP contribution is 2.38. The molecule has 0 spiro atoms. The van der Waals surface area contributed by atoms with Crippen LogP contribution in [0.3, 0.4) is 0 Å². The van der Waals surface area contributed by atoms with Crippen molar-refractivity contribution in [3.8, 4) is 5.75 Å². The number of anilines is 1. The standard InChI is InChI=1S/C13H15F2NO3/c1-12(2,3)19-11(17)8-5-4-6-9-10(8)18-13(14,15)7-16-9/h4-6,16H,7H2,1-3H3. The Morgan fingerprint density at radius 2 is 2.11 bits per heavy atom. The van der Waals surface area contributed by atoms with Crippen molar-refractivity contribution in [2.45, 2.75) is 32.5 Å². The molecule has 0 unspecified atom stereocenters. The average Bonchev–Trinajstić information content (AvgIpc) is 2.24. The Kier molecular flexibility index (Phi) is 3.12. The lowest BCUT2D eigenvalue weighted by atomic mass is 10.1. The molecule has 0 amide bonds. The molecular formula is C13H15F2NO3. The lowest BCUT2D eigenvalue weighted by molar-refractivity contribution is -0.167. The van der Waals surface area contributed by atoms with Crippen LogP contribution in [0.1, 0.15) is 31.1 Å². The summed E-state index contributed by atoms with van der Waals surface area (Å²) in [6, 6.07) is 4.55. The van der Waals surface area contributed by atoms with Gasteiger partial charge in [-0.2, -0.15) is 8.78 Å². The van der Waals surface area contributed by atoms with E-state index >= 15 is 0 Å².